The molecule has 0 bridgehead atoms. The minimum atomic E-state index is -0.236. The van der Waals surface area contributed by atoms with Crippen LogP contribution in [0.25, 0.3) is 10.2 Å². The highest BCUT2D eigenvalue weighted by Crippen LogP contribution is 2.39. The summed E-state index contributed by atoms with van der Waals surface area (Å²) in [6, 6.07) is 9.26. The number of carbonyl (C=O) groups is 1. The standard InChI is InChI=1S/C22H22ClN5O2S/c1-13(2)28-14(3)10-17(26-28)21(29)27(12-15-6-5-9-24-11-15)22-25-19-18(30-4)8-7-16(23)20(19)31-22/h5-11,13H,12H2,1-4H3. The Labute approximate surface area is 189 Å². The minimum absolute atomic E-state index is 0.152. The molecule has 0 spiro atoms. The van der Waals surface area contributed by atoms with Gasteiger partial charge in [0.2, 0.25) is 0 Å². The molecule has 7 nitrogen and oxygen atoms in total. The molecule has 3 heterocycles. The van der Waals surface area contributed by atoms with Gasteiger partial charge in [-0.25, -0.2) is 4.98 Å². The zero-order valence-electron chi connectivity index (χ0n) is 17.7. The van der Waals surface area contributed by atoms with Crippen molar-refractivity contribution in [3.8, 4) is 5.75 Å². The summed E-state index contributed by atoms with van der Waals surface area (Å²) in [6.07, 6.45) is 3.44. The van der Waals surface area contributed by atoms with Gasteiger partial charge < -0.3 is 4.74 Å². The van der Waals surface area contributed by atoms with E-state index in [-0.39, 0.29) is 11.9 Å². The summed E-state index contributed by atoms with van der Waals surface area (Å²) in [7, 11) is 1.58. The second-order valence-corrected chi connectivity index (χ2v) is 8.77. The van der Waals surface area contributed by atoms with Crippen LogP contribution in [-0.2, 0) is 6.54 Å². The molecule has 0 unspecified atom stereocenters. The summed E-state index contributed by atoms with van der Waals surface area (Å²) in [5, 5.41) is 5.62. The maximum atomic E-state index is 13.6. The Balaban J connectivity index is 1.81. The summed E-state index contributed by atoms with van der Waals surface area (Å²) in [5.41, 5.74) is 2.80. The van der Waals surface area contributed by atoms with E-state index in [9.17, 15) is 4.79 Å². The fourth-order valence-corrected chi connectivity index (χ4v) is 4.63. The number of aryl methyl sites for hydroxylation is 1. The van der Waals surface area contributed by atoms with Gasteiger partial charge in [0, 0.05) is 24.1 Å². The zero-order chi connectivity index (χ0) is 22.1. The predicted molar refractivity (Wildman–Crippen MR) is 123 cm³/mol. The number of thiazole rings is 1. The van der Waals surface area contributed by atoms with Gasteiger partial charge in [-0.2, -0.15) is 5.10 Å². The molecule has 4 rings (SSSR count). The molecule has 0 aliphatic heterocycles. The monoisotopic (exact) mass is 455 g/mol. The Hall–Kier alpha value is -2.97. The molecular formula is C22H22ClN5O2S. The van der Waals surface area contributed by atoms with Crippen molar-refractivity contribution >= 4 is 44.2 Å². The van der Waals surface area contributed by atoms with Gasteiger partial charge in [-0.05, 0) is 50.6 Å². The van der Waals surface area contributed by atoms with Crippen LogP contribution in [0.5, 0.6) is 5.75 Å². The molecule has 0 saturated carbocycles. The lowest BCUT2D eigenvalue weighted by Gasteiger charge is -2.18. The van der Waals surface area contributed by atoms with Gasteiger partial charge in [-0.1, -0.05) is 29.0 Å². The van der Waals surface area contributed by atoms with Gasteiger partial charge in [-0.15, -0.1) is 0 Å². The Bertz CT molecular complexity index is 1240. The van der Waals surface area contributed by atoms with Crippen LogP contribution >= 0.6 is 22.9 Å². The van der Waals surface area contributed by atoms with Gasteiger partial charge >= 0.3 is 0 Å². The molecule has 0 radical (unpaired) electrons. The van der Waals surface area contributed by atoms with E-state index in [1.165, 1.54) is 11.3 Å². The molecule has 0 fully saturated rings. The molecular weight excluding hydrogens is 434 g/mol. The molecule has 160 valence electrons. The SMILES string of the molecule is COc1ccc(Cl)c2sc(N(Cc3cccnc3)C(=O)c3cc(C)n(C(C)C)n3)nc12. The van der Waals surface area contributed by atoms with Crippen molar-refractivity contribution in [1.29, 1.82) is 0 Å². The van der Waals surface area contributed by atoms with Crippen LogP contribution < -0.4 is 9.64 Å². The number of anilines is 1. The van der Waals surface area contributed by atoms with E-state index in [1.54, 1.807) is 42.6 Å². The molecule has 1 aromatic carbocycles. The second-order valence-electron chi connectivity index (χ2n) is 7.39. The molecule has 1 amide bonds. The maximum absolute atomic E-state index is 13.6. The number of aromatic nitrogens is 4. The van der Waals surface area contributed by atoms with E-state index in [4.69, 9.17) is 21.3 Å². The average molecular weight is 456 g/mol. The summed E-state index contributed by atoms with van der Waals surface area (Å²) >= 11 is 7.75. The van der Waals surface area contributed by atoms with Crippen LogP contribution in [0.15, 0.2) is 42.7 Å². The summed E-state index contributed by atoms with van der Waals surface area (Å²) < 4.78 is 8.05. The lowest BCUT2D eigenvalue weighted by Crippen LogP contribution is -2.31. The largest absolute Gasteiger partial charge is 0.494 e. The Morgan fingerprint density at radius 1 is 1.32 bits per heavy atom. The number of hydrogen-bond acceptors (Lipinski definition) is 6. The molecule has 9 heteroatoms. The first-order valence-electron chi connectivity index (χ1n) is 9.79. The van der Waals surface area contributed by atoms with Crippen molar-refractivity contribution in [3.05, 3.63) is 64.7 Å². The van der Waals surface area contributed by atoms with Crippen molar-refractivity contribution < 1.29 is 9.53 Å². The summed E-state index contributed by atoms with van der Waals surface area (Å²) in [6.45, 7) is 6.31. The number of nitrogens with zero attached hydrogens (tertiary/aromatic N) is 5. The molecule has 3 aromatic heterocycles. The molecule has 0 atom stereocenters. The van der Waals surface area contributed by atoms with Crippen LogP contribution in [-0.4, -0.2) is 32.8 Å². The highest BCUT2D eigenvalue weighted by molar-refractivity contribution is 7.23. The van der Waals surface area contributed by atoms with Gasteiger partial charge in [0.15, 0.2) is 10.8 Å². The van der Waals surface area contributed by atoms with Crippen molar-refractivity contribution in [2.45, 2.75) is 33.4 Å². The lowest BCUT2D eigenvalue weighted by molar-refractivity contribution is 0.0979. The molecule has 31 heavy (non-hydrogen) atoms. The second kappa shape index (κ2) is 8.64. The van der Waals surface area contributed by atoms with Crippen LogP contribution in [0.3, 0.4) is 0 Å². The number of pyridine rings is 1. The van der Waals surface area contributed by atoms with Crippen molar-refractivity contribution in [3.63, 3.8) is 0 Å². The average Bonchev–Trinajstić information content (AvgIpc) is 3.37. The van der Waals surface area contributed by atoms with E-state index >= 15 is 0 Å². The van der Waals surface area contributed by atoms with E-state index in [0.717, 1.165) is 16.0 Å². The molecule has 0 saturated heterocycles. The number of rotatable bonds is 6. The number of amides is 1. The smallest absolute Gasteiger partial charge is 0.280 e. The van der Waals surface area contributed by atoms with E-state index in [0.29, 0.717) is 33.7 Å². The first kappa shape index (κ1) is 21.3. The highest BCUT2D eigenvalue weighted by atomic mass is 35.5. The Kier molecular flexibility index (Phi) is 5.93. The maximum Gasteiger partial charge on any atom is 0.280 e. The lowest BCUT2D eigenvalue weighted by atomic mass is 10.2. The quantitative estimate of drug-likeness (QED) is 0.395. The van der Waals surface area contributed by atoms with Gasteiger partial charge in [0.25, 0.3) is 5.91 Å². The number of ether oxygens (including phenoxy) is 1. The first-order chi connectivity index (χ1) is 14.9. The van der Waals surface area contributed by atoms with Crippen molar-refractivity contribution in [2.75, 3.05) is 12.0 Å². The van der Waals surface area contributed by atoms with E-state index in [2.05, 4.69) is 10.1 Å². The van der Waals surface area contributed by atoms with Crippen LogP contribution in [0.4, 0.5) is 5.13 Å². The zero-order valence-corrected chi connectivity index (χ0v) is 19.2. The number of methoxy groups -OCH3 is 1. The van der Waals surface area contributed by atoms with Crippen LogP contribution in [0, 0.1) is 6.92 Å². The van der Waals surface area contributed by atoms with Gasteiger partial charge in [0.05, 0.1) is 23.4 Å². The summed E-state index contributed by atoms with van der Waals surface area (Å²) in [5.74, 6) is 0.371. The highest BCUT2D eigenvalue weighted by Gasteiger charge is 2.26. The van der Waals surface area contributed by atoms with Crippen molar-refractivity contribution in [2.24, 2.45) is 0 Å². The molecule has 0 aliphatic rings. The number of benzene rings is 1. The molecule has 0 aliphatic carbocycles. The number of carbonyl (C=O) groups excluding carboxylic acids is 1. The Morgan fingerprint density at radius 2 is 2.13 bits per heavy atom. The third-order valence-corrected chi connectivity index (χ3v) is 6.38. The number of fused-ring (bicyclic) bond motifs is 1. The predicted octanol–water partition coefficient (Wildman–Crippen LogP) is 5.29. The van der Waals surface area contributed by atoms with Crippen molar-refractivity contribution in [1.82, 2.24) is 19.7 Å². The van der Waals surface area contributed by atoms with Crippen LogP contribution in [0.1, 0.15) is 41.6 Å². The first-order valence-corrected chi connectivity index (χ1v) is 11.0. The molecule has 4 aromatic rings. The summed E-state index contributed by atoms with van der Waals surface area (Å²) in [4.78, 5) is 24.1. The topological polar surface area (TPSA) is 73.1 Å². The number of halogens is 1. The van der Waals surface area contributed by atoms with Gasteiger partial charge in [0.1, 0.15) is 11.3 Å². The number of hydrogen-bond donors (Lipinski definition) is 0. The fourth-order valence-electron chi connectivity index (χ4n) is 3.38. The third-order valence-electron chi connectivity index (χ3n) is 4.84. The molecule has 0 N–H and O–H groups in total. The van der Waals surface area contributed by atoms with Gasteiger partial charge in [-0.3, -0.25) is 19.4 Å². The third kappa shape index (κ3) is 4.13. The normalized spacial score (nSPS) is 11.3. The minimum Gasteiger partial charge on any atom is -0.494 e. The van der Waals surface area contributed by atoms with Crippen LogP contribution in [0.2, 0.25) is 5.02 Å². The van der Waals surface area contributed by atoms with E-state index in [1.807, 2.05) is 37.6 Å². The fraction of sp³-hybridized carbons (Fsp3) is 0.273. The Morgan fingerprint density at radius 3 is 2.77 bits per heavy atom. The van der Waals surface area contributed by atoms with E-state index < -0.39 is 0 Å².